The molecule has 0 saturated heterocycles. The lowest BCUT2D eigenvalue weighted by molar-refractivity contribution is -0.0188. The molecule has 7 nitrogen and oxygen atoms in total. The van der Waals surface area contributed by atoms with Gasteiger partial charge in [-0.3, -0.25) is 0 Å². The van der Waals surface area contributed by atoms with Crippen molar-refractivity contribution >= 4 is 50.4 Å². The number of hydrogen-bond acceptors (Lipinski definition) is 7. The molecule has 1 N–H and O–H groups in total. The van der Waals surface area contributed by atoms with Crippen LogP contribution in [0.1, 0.15) is 12.8 Å². The second-order valence-electron chi connectivity index (χ2n) is 14.1. The molecule has 218 valence electrons. The van der Waals surface area contributed by atoms with Crippen LogP contribution in [0.4, 0.5) is 0 Å². The Bertz CT molecular complexity index is 528. The number of aliphatic hydroxyl groups excluding tert-OH is 1. The summed E-state index contributed by atoms with van der Waals surface area (Å²) in [5.74, 6) is 0. The van der Waals surface area contributed by atoms with Crippen molar-refractivity contribution in [2.75, 3.05) is 26.4 Å². The Morgan fingerprint density at radius 2 is 0.722 bits per heavy atom. The molecule has 0 atom stereocenters. The monoisotopic (exact) mass is 616 g/mol. The van der Waals surface area contributed by atoms with Gasteiger partial charge in [0.2, 0.25) is 0 Å². The largest absolute Gasteiger partial charge is 0.437 e. The van der Waals surface area contributed by atoms with Crippen molar-refractivity contribution in [1.29, 1.82) is 0 Å². The molecular weight excluding hydrogens is 557 g/mol. The summed E-state index contributed by atoms with van der Waals surface area (Å²) in [5.41, 5.74) is 0. The molecule has 0 heterocycles. The first-order chi connectivity index (χ1) is 15.9. The van der Waals surface area contributed by atoms with Gasteiger partial charge >= 0.3 is 17.1 Å². The lowest BCUT2D eigenvalue weighted by Crippen LogP contribution is -2.52. The molecule has 0 rings (SSSR count). The third-order valence-corrected chi connectivity index (χ3v) is 23.8. The van der Waals surface area contributed by atoms with Gasteiger partial charge in [-0.15, -0.1) is 0 Å². The van der Waals surface area contributed by atoms with E-state index in [1.807, 2.05) is 0 Å². The minimum atomic E-state index is -2.23. The highest BCUT2D eigenvalue weighted by Crippen LogP contribution is 2.26. The summed E-state index contributed by atoms with van der Waals surface area (Å²) in [4.78, 5) is 0. The maximum atomic E-state index is 10.3. The van der Waals surface area contributed by atoms with Crippen molar-refractivity contribution in [2.45, 2.75) is 123 Å². The molecule has 36 heavy (non-hydrogen) atoms. The van der Waals surface area contributed by atoms with Crippen LogP contribution >= 0.6 is 0 Å². The van der Waals surface area contributed by atoms with Crippen LogP contribution in [-0.2, 0) is 25.9 Å². The van der Waals surface area contributed by atoms with E-state index in [1.165, 1.54) is 0 Å². The predicted octanol–water partition coefficient (Wildman–Crippen LogP) is 6.71. The second kappa shape index (κ2) is 15.1. The van der Waals surface area contributed by atoms with Crippen LogP contribution in [0.2, 0.25) is 104 Å². The lowest BCUT2D eigenvalue weighted by atomic mass is 10.4. The first-order valence-electron chi connectivity index (χ1n) is 13.6. The Kier molecular flexibility index (Phi) is 15.6. The third-order valence-electron chi connectivity index (χ3n) is 4.55. The van der Waals surface area contributed by atoms with Gasteiger partial charge in [0, 0.05) is 13.2 Å². The SMILES string of the molecule is C[Si](C)(C)O[Si](C)(CCCOCC(O)COCCC[Si](C)(O[Si](C)(C)C)O[Si](C)(C)C)O[Si](C)(C)C. The van der Waals surface area contributed by atoms with Gasteiger partial charge in [-0.1, -0.05) is 0 Å². The van der Waals surface area contributed by atoms with Crippen molar-refractivity contribution < 1.29 is 31.0 Å². The summed E-state index contributed by atoms with van der Waals surface area (Å²) in [7, 11) is -11.2. The van der Waals surface area contributed by atoms with E-state index >= 15 is 0 Å². The standard InChI is InChI=1S/C23H60O7Si6/c1-31(2,3)27-35(13,28-32(4,5)6)19-15-17-25-21-23(24)22-26-18-16-20-36(14,29-33(7,8)9)30-34(10,11)12/h23-24H,15-22H2,1-14H3. The molecule has 0 fully saturated rings. The van der Waals surface area contributed by atoms with E-state index in [4.69, 9.17) is 25.9 Å². The Hall–Kier alpha value is 1.02. The fraction of sp³-hybridized carbons (Fsp3) is 1.00. The van der Waals surface area contributed by atoms with Gasteiger partial charge in [0.1, 0.15) is 6.10 Å². The number of aliphatic hydroxyl groups is 1. The summed E-state index contributed by atoms with van der Waals surface area (Å²) in [6, 6.07) is 1.82. The van der Waals surface area contributed by atoms with E-state index in [0.29, 0.717) is 13.2 Å². The Balaban J connectivity index is 4.35. The topological polar surface area (TPSA) is 75.6 Å². The average Bonchev–Trinajstić information content (AvgIpc) is 2.53. The van der Waals surface area contributed by atoms with E-state index in [2.05, 4.69) is 91.7 Å². The minimum Gasteiger partial charge on any atom is -0.437 e. The number of rotatable bonds is 20. The van der Waals surface area contributed by atoms with E-state index in [-0.39, 0.29) is 13.2 Å². The molecule has 0 aromatic carbocycles. The van der Waals surface area contributed by atoms with E-state index in [0.717, 1.165) is 24.9 Å². The Morgan fingerprint density at radius 3 is 0.944 bits per heavy atom. The van der Waals surface area contributed by atoms with Crippen molar-refractivity contribution in [3.05, 3.63) is 0 Å². The lowest BCUT2D eigenvalue weighted by Gasteiger charge is -2.38. The van der Waals surface area contributed by atoms with Gasteiger partial charge < -0.3 is 31.0 Å². The van der Waals surface area contributed by atoms with Crippen molar-refractivity contribution in [3.8, 4) is 0 Å². The van der Waals surface area contributed by atoms with E-state index in [9.17, 15) is 5.11 Å². The van der Waals surface area contributed by atoms with Gasteiger partial charge in [-0.2, -0.15) is 0 Å². The molecule has 0 unspecified atom stereocenters. The van der Waals surface area contributed by atoms with Crippen LogP contribution in [0.5, 0.6) is 0 Å². The molecule has 0 aliphatic carbocycles. The van der Waals surface area contributed by atoms with Gasteiger partial charge in [0.05, 0.1) is 13.2 Å². The smallest absolute Gasteiger partial charge is 0.314 e. The van der Waals surface area contributed by atoms with Crippen LogP contribution in [0, 0.1) is 0 Å². The molecule has 0 spiro atoms. The molecule has 0 aromatic rings. The molecule has 0 saturated carbocycles. The molecule has 0 aliphatic heterocycles. The van der Waals surface area contributed by atoms with Crippen LogP contribution in [0.3, 0.4) is 0 Å². The molecular formula is C23H60O7Si6. The Labute approximate surface area is 230 Å². The molecule has 13 heteroatoms. The van der Waals surface area contributed by atoms with E-state index in [1.54, 1.807) is 0 Å². The zero-order chi connectivity index (χ0) is 28.5. The van der Waals surface area contributed by atoms with Gasteiger partial charge in [0.15, 0.2) is 33.3 Å². The summed E-state index contributed by atoms with van der Waals surface area (Å²) in [5, 5.41) is 10.3. The van der Waals surface area contributed by atoms with Crippen molar-refractivity contribution in [1.82, 2.24) is 0 Å². The minimum absolute atomic E-state index is 0.284. The maximum Gasteiger partial charge on any atom is 0.314 e. The van der Waals surface area contributed by atoms with E-state index < -0.39 is 56.5 Å². The highest BCUT2D eigenvalue weighted by Gasteiger charge is 2.40. The van der Waals surface area contributed by atoms with Gasteiger partial charge in [0.25, 0.3) is 0 Å². The molecule has 0 radical (unpaired) electrons. The first-order valence-corrected chi connectivity index (χ1v) is 32.2. The number of hydrogen-bond donors (Lipinski definition) is 1. The predicted molar refractivity (Wildman–Crippen MR) is 167 cm³/mol. The molecule has 0 bridgehead atoms. The quantitative estimate of drug-likeness (QED) is 0.120. The average molecular weight is 617 g/mol. The second-order valence-corrected chi connectivity index (χ2v) is 39.8. The van der Waals surface area contributed by atoms with Gasteiger partial charge in [-0.05, 0) is 117 Å². The Morgan fingerprint density at radius 1 is 0.472 bits per heavy atom. The molecule has 0 aromatic heterocycles. The highest BCUT2D eigenvalue weighted by atomic mass is 28.5. The van der Waals surface area contributed by atoms with Crippen LogP contribution in [0.15, 0.2) is 0 Å². The highest BCUT2D eigenvalue weighted by molar-refractivity contribution is 6.88. The summed E-state index contributed by atoms with van der Waals surface area (Å²) in [6.45, 7) is 32.8. The third kappa shape index (κ3) is 21.9. The maximum absolute atomic E-state index is 10.3. The molecule has 0 amide bonds. The van der Waals surface area contributed by atoms with Crippen molar-refractivity contribution in [3.63, 3.8) is 0 Å². The zero-order valence-corrected chi connectivity index (χ0v) is 32.1. The summed E-state index contributed by atoms with van der Waals surface area (Å²) in [6.07, 6.45) is 1.14. The summed E-state index contributed by atoms with van der Waals surface area (Å²) >= 11 is 0. The van der Waals surface area contributed by atoms with Crippen LogP contribution in [-0.4, -0.2) is 88.0 Å². The fourth-order valence-corrected chi connectivity index (χ4v) is 29.3. The zero-order valence-electron chi connectivity index (χ0n) is 26.1. The molecule has 0 aliphatic rings. The van der Waals surface area contributed by atoms with Crippen molar-refractivity contribution in [2.24, 2.45) is 0 Å². The normalized spacial score (nSPS) is 14.7. The first kappa shape index (κ1) is 37.0. The summed E-state index contributed by atoms with van der Waals surface area (Å²) < 4.78 is 37.7. The van der Waals surface area contributed by atoms with Crippen LogP contribution in [0.25, 0.3) is 0 Å². The number of ether oxygens (including phenoxy) is 2. The fourth-order valence-electron chi connectivity index (χ4n) is 4.31. The van der Waals surface area contributed by atoms with Gasteiger partial charge in [-0.25, -0.2) is 0 Å². The van der Waals surface area contributed by atoms with Crippen LogP contribution < -0.4 is 0 Å².